The van der Waals surface area contributed by atoms with Gasteiger partial charge in [-0.05, 0) is 36.5 Å². The number of carbonyl (C=O) groups is 1. The predicted molar refractivity (Wildman–Crippen MR) is 74.9 cm³/mol. The lowest BCUT2D eigenvalue weighted by Crippen LogP contribution is -2.24. The second-order valence-electron chi connectivity index (χ2n) is 5.55. The van der Waals surface area contributed by atoms with E-state index in [-0.39, 0.29) is 0 Å². The maximum atomic E-state index is 11.1. The minimum Gasteiger partial charge on any atom is -0.495 e. The Hall–Kier alpha value is -1.71. The smallest absolute Gasteiger partial charge is 0.311 e. The summed E-state index contributed by atoms with van der Waals surface area (Å²) in [5, 5.41) is 12.4. The minimum absolute atomic E-state index is 0.441. The van der Waals surface area contributed by atoms with E-state index < -0.39 is 11.4 Å². The lowest BCUT2D eigenvalue weighted by atomic mass is 10.0. The summed E-state index contributed by atoms with van der Waals surface area (Å²) in [5.74, 6) is 0.502. The summed E-state index contributed by atoms with van der Waals surface area (Å²) in [4.78, 5) is 11.1. The van der Waals surface area contributed by atoms with Gasteiger partial charge in [-0.1, -0.05) is 19.9 Å². The Kier molecular flexibility index (Phi) is 3.69. The van der Waals surface area contributed by atoms with Crippen LogP contribution in [0, 0.1) is 5.41 Å². The molecule has 2 N–H and O–H groups in total. The lowest BCUT2D eigenvalue weighted by Gasteiger charge is -2.16. The van der Waals surface area contributed by atoms with E-state index in [9.17, 15) is 4.79 Å². The fourth-order valence-electron chi connectivity index (χ4n) is 2.09. The highest BCUT2D eigenvalue weighted by Crippen LogP contribution is 2.46. The molecule has 0 heterocycles. The van der Waals surface area contributed by atoms with Gasteiger partial charge in [0, 0.05) is 6.54 Å². The number of carboxylic acids is 1. The van der Waals surface area contributed by atoms with E-state index in [0.29, 0.717) is 12.5 Å². The molecule has 19 heavy (non-hydrogen) atoms. The summed E-state index contributed by atoms with van der Waals surface area (Å²) in [6.45, 7) is 4.72. The summed E-state index contributed by atoms with van der Waals surface area (Å²) in [5.41, 5.74) is 1.50. The fourth-order valence-corrected chi connectivity index (χ4v) is 2.09. The third kappa shape index (κ3) is 2.83. The van der Waals surface area contributed by atoms with Crippen molar-refractivity contribution < 1.29 is 14.6 Å². The summed E-state index contributed by atoms with van der Waals surface area (Å²) < 4.78 is 5.37. The number of hydrogen-bond donors (Lipinski definition) is 2. The summed E-state index contributed by atoms with van der Waals surface area (Å²) in [6, 6.07) is 6.02. The molecule has 0 radical (unpaired) electrons. The Morgan fingerprint density at radius 1 is 1.47 bits per heavy atom. The molecule has 104 valence electrons. The van der Waals surface area contributed by atoms with E-state index in [2.05, 4.69) is 25.2 Å². The highest BCUT2D eigenvalue weighted by Gasteiger charge is 2.50. The fraction of sp³-hybridized carbons (Fsp3) is 0.533. The Morgan fingerprint density at radius 2 is 2.16 bits per heavy atom. The third-order valence-electron chi connectivity index (χ3n) is 3.82. The van der Waals surface area contributed by atoms with E-state index in [1.807, 2.05) is 12.1 Å². The van der Waals surface area contributed by atoms with Crippen molar-refractivity contribution in [3.8, 4) is 5.75 Å². The highest BCUT2D eigenvalue weighted by atomic mass is 16.5. The van der Waals surface area contributed by atoms with Gasteiger partial charge in [-0.25, -0.2) is 0 Å². The van der Waals surface area contributed by atoms with Crippen molar-refractivity contribution in [1.82, 2.24) is 0 Å². The van der Waals surface area contributed by atoms with Crippen molar-refractivity contribution in [2.24, 2.45) is 5.41 Å². The SMILES string of the molecule is COc1cc(C(C)C)ccc1NCC1(C(=O)O)CC1. The number of methoxy groups -OCH3 is 1. The second-order valence-corrected chi connectivity index (χ2v) is 5.55. The van der Waals surface area contributed by atoms with Crippen LogP contribution in [0.5, 0.6) is 5.75 Å². The first-order chi connectivity index (χ1) is 8.98. The zero-order valence-corrected chi connectivity index (χ0v) is 11.7. The molecule has 0 saturated heterocycles. The van der Waals surface area contributed by atoms with Crippen molar-refractivity contribution in [3.05, 3.63) is 23.8 Å². The van der Waals surface area contributed by atoms with Gasteiger partial charge in [0.1, 0.15) is 5.75 Å². The molecule has 0 bridgehead atoms. The second kappa shape index (κ2) is 5.11. The molecule has 0 amide bonds. The lowest BCUT2D eigenvalue weighted by molar-refractivity contribution is -0.142. The molecule has 1 fully saturated rings. The van der Waals surface area contributed by atoms with Crippen LogP contribution in [0.3, 0.4) is 0 Å². The molecule has 0 unspecified atom stereocenters. The molecule has 0 atom stereocenters. The van der Waals surface area contributed by atoms with Crippen molar-refractivity contribution in [2.75, 3.05) is 19.0 Å². The van der Waals surface area contributed by atoms with Crippen LogP contribution in [0.25, 0.3) is 0 Å². The normalized spacial score (nSPS) is 16.2. The van der Waals surface area contributed by atoms with E-state index in [1.54, 1.807) is 7.11 Å². The molecule has 1 aromatic carbocycles. The summed E-state index contributed by atoms with van der Waals surface area (Å²) >= 11 is 0. The largest absolute Gasteiger partial charge is 0.495 e. The van der Waals surface area contributed by atoms with Gasteiger partial charge >= 0.3 is 5.97 Å². The Labute approximate surface area is 113 Å². The first-order valence-corrected chi connectivity index (χ1v) is 6.64. The molecule has 1 aliphatic rings. The van der Waals surface area contributed by atoms with Crippen LogP contribution in [-0.4, -0.2) is 24.7 Å². The van der Waals surface area contributed by atoms with Gasteiger partial charge in [-0.3, -0.25) is 4.79 Å². The average Bonchev–Trinajstić information content (AvgIpc) is 3.17. The maximum absolute atomic E-state index is 11.1. The van der Waals surface area contributed by atoms with Gasteiger partial charge in [-0.2, -0.15) is 0 Å². The van der Waals surface area contributed by atoms with Crippen LogP contribution in [0.15, 0.2) is 18.2 Å². The van der Waals surface area contributed by atoms with Crippen LogP contribution in [-0.2, 0) is 4.79 Å². The van der Waals surface area contributed by atoms with Gasteiger partial charge in [0.15, 0.2) is 0 Å². The molecule has 4 heteroatoms. The van der Waals surface area contributed by atoms with Crippen LogP contribution >= 0.6 is 0 Å². The summed E-state index contributed by atoms with van der Waals surface area (Å²) in [7, 11) is 1.63. The number of nitrogens with one attached hydrogen (secondary N) is 1. The van der Waals surface area contributed by atoms with Crippen LogP contribution in [0.2, 0.25) is 0 Å². The van der Waals surface area contributed by atoms with Crippen molar-refractivity contribution in [3.63, 3.8) is 0 Å². The molecule has 0 aliphatic heterocycles. The van der Waals surface area contributed by atoms with E-state index in [1.165, 1.54) is 5.56 Å². The average molecular weight is 263 g/mol. The third-order valence-corrected chi connectivity index (χ3v) is 3.82. The monoisotopic (exact) mass is 263 g/mol. The molecule has 0 aromatic heterocycles. The zero-order valence-electron chi connectivity index (χ0n) is 11.7. The van der Waals surface area contributed by atoms with Gasteiger partial charge < -0.3 is 15.2 Å². The number of ether oxygens (including phenoxy) is 1. The van der Waals surface area contributed by atoms with Gasteiger partial charge in [0.2, 0.25) is 0 Å². The minimum atomic E-state index is -0.710. The number of anilines is 1. The van der Waals surface area contributed by atoms with Crippen molar-refractivity contribution in [2.45, 2.75) is 32.6 Å². The maximum Gasteiger partial charge on any atom is 0.311 e. The van der Waals surface area contributed by atoms with Gasteiger partial charge in [-0.15, -0.1) is 0 Å². The number of hydrogen-bond acceptors (Lipinski definition) is 3. The summed E-state index contributed by atoms with van der Waals surface area (Å²) in [6.07, 6.45) is 1.50. The van der Waals surface area contributed by atoms with Gasteiger partial charge in [0.25, 0.3) is 0 Å². The number of benzene rings is 1. The Bertz CT molecular complexity index is 478. The number of rotatable bonds is 6. The van der Waals surface area contributed by atoms with E-state index in [4.69, 9.17) is 9.84 Å². The first kappa shape index (κ1) is 13.7. The van der Waals surface area contributed by atoms with Crippen molar-refractivity contribution >= 4 is 11.7 Å². The van der Waals surface area contributed by atoms with Crippen molar-refractivity contribution in [1.29, 1.82) is 0 Å². The Morgan fingerprint density at radius 3 is 2.63 bits per heavy atom. The number of aliphatic carboxylic acids is 1. The molecule has 2 rings (SSSR count). The molecule has 4 nitrogen and oxygen atoms in total. The molecular formula is C15H21NO3. The van der Waals surface area contributed by atoms with Crippen LogP contribution in [0.4, 0.5) is 5.69 Å². The van der Waals surface area contributed by atoms with Gasteiger partial charge in [0.05, 0.1) is 18.2 Å². The van der Waals surface area contributed by atoms with E-state index in [0.717, 1.165) is 24.3 Å². The zero-order chi connectivity index (χ0) is 14.0. The topological polar surface area (TPSA) is 58.6 Å². The molecule has 0 spiro atoms. The molecule has 1 aromatic rings. The van der Waals surface area contributed by atoms with Crippen LogP contribution in [0.1, 0.15) is 38.2 Å². The molecular weight excluding hydrogens is 242 g/mol. The number of carboxylic acid groups (broad SMARTS) is 1. The predicted octanol–water partition coefficient (Wildman–Crippen LogP) is 3.10. The molecule has 1 saturated carbocycles. The van der Waals surface area contributed by atoms with Crippen LogP contribution < -0.4 is 10.1 Å². The first-order valence-electron chi connectivity index (χ1n) is 6.64. The molecule has 1 aliphatic carbocycles. The standard InChI is InChI=1S/C15H21NO3/c1-10(2)11-4-5-12(13(8-11)19-3)16-9-15(6-7-15)14(17)18/h4-5,8,10,16H,6-7,9H2,1-3H3,(H,17,18). The highest BCUT2D eigenvalue weighted by molar-refractivity contribution is 5.78. The quantitative estimate of drug-likeness (QED) is 0.828. The van der Waals surface area contributed by atoms with E-state index >= 15 is 0 Å². The Balaban J connectivity index is 2.10.